The molecule has 7 nitrogen and oxygen atoms in total. The van der Waals surface area contributed by atoms with E-state index < -0.39 is 24.1 Å². The molecule has 0 fully saturated rings. The van der Waals surface area contributed by atoms with Gasteiger partial charge in [0.1, 0.15) is 18.7 Å². The van der Waals surface area contributed by atoms with E-state index in [9.17, 15) is 14.4 Å². The fourth-order valence-corrected chi connectivity index (χ4v) is 3.57. The van der Waals surface area contributed by atoms with Gasteiger partial charge in [0.2, 0.25) is 11.8 Å². The molecule has 0 aromatic heterocycles. The molecule has 7 heteroatoms. The Morgan fingerprint density at radius 2 is 1.66 bits per heavy atom. The molecule has 3 N–H and O–H groups in total. The first kappa shape index (κ1) is 27.6. The zero-order valence-corrected chi connectivity index (χ0v) is 20.6. The molecule has 180 valence electrons. The second-order valence-electron chi connectivity index (χ2n) is 9.33. The molecular weight excluding hydrogens is 406 g/mol. The maximum atomic E-state index is 13.2. The first-order valence-electron chi connectivity index (χ1n) is 11.5. The summed E-state index contributed by atoms with van der Waals surface area (Å²) in [5.41, 5.74) is 7.00. The number of esters is 1. The van der Waals surface area contributed by atoms with E-state index in [4.69, 9.17) is 10.5 Å². The average molecular weight is 448 g/mol. The fraction of sp³-hybridized carbons (Fsp3) is 0.640. The van der Waals surface area contributed by atoms with Crippen LogP contribution in [0, 0.1) is 17.8 Å². The lowest BCUT2D eigenvalue weighted by molar-refractivity contribution is -0.151. The van der Waals surface area contributed by atoms with Crippen LogP contribution in [0.3, 0.4) is 0 Å². The number of rotatable bonds is 12. The van der Waals surface area contributed by atoms with Crippen LogP contribution in [0.15, 0.2) is 30.3 Å². The highest BCUT2D eigenvalue weighted by atomic mass is 16.5. The van der Waals surface area contributed by atoms with Gasteiger partial charge in [0.15, 0.2) is 0 Å². The number of amides is 2. The molecule has 32 heavy (non-hydrogen) atoms. The Hall–Kier alpha value is -2.41. The van der Waals surface area contributed by atoms with Gasteiger partial charge in [-0.1, -0.05) is 78.3 Å². The number of hydrogen-bond acceptors (Lipinski definition) is 5. The Labute approximate surface area is 193 Å². The van der Waals surface area contributed by atoms with Crippen molar-refractivity contribution < 1.29 is 19.1 Å². The first-order chi connectivity index (χ1) is 15.0. The molecule has 1 rings (SSSR count). The number of benzene rings is 1. The molecule has 0 spiro atoms. The monoisotopic (exact) mass is 447 g/mol. The van der Waals surface area contributed by atoms with E-state index in [2.05, 4.69) is 5.32 Å². The quantitative estimate of drug-likeness (QED) is 0.479. The standard InChI is InChI=1S/C25H41N3O4/c1-8-18(6)21(26)24(30)28(7)22(17(4)5)23(29)27-20(14-16(2)3)25(31)32-15-19-12-10-9-11-13-19/h9-13,16-18,20-22H,8,14-15,26H2,1-7H3,(H,27,29)/t18-,20+,21+,22+/m1/s1. The summed E-state index contributed by atoms with van der Waals surface area (Å²) in [4.78, 5) is 40.3. The second-order valence-corrected chi connectivity index (χ2v) is 9.33. The lowest BCUT2D eigenvalue weighted by Crippen LogP contribution is -2.57. The predicted molar refractivity (Wildman–Crippen MR) is 126 cm³/mol. The summed E-state index contributed by atoms with van der Waals surface area (Å²) >= 11 is 0. The summed E-state index contributed by atoms with van der Waals surface area (Å²) in [5, 5.41) is 2.84. The van der Waals surface area contributed by atoms with Crippen LogP contribution in [0.2, 0.25) is 0 Å². The number of hydrogen-bond donors (Lipinski definition) is 2. The fourth-order valence-electron chi connectivity index (χ4n) is 3.57. The van der Waals surface area contributed by atoms with Crippen LogP contribution in [0.1, 0.15) is 59.9 Å². The molecule has 2 amide bonds. The lowest BCUT2D eigenvalue weighted by Gasteiger charge is -2.34. The van der Waals surface area contributed by atoms with E-state index in [1.54, 1.807) is 7.05 Å². The van der Waals surface area contributed by atoms with Gasteiger partial charge in [-0.3, -0.25) is 9.59 Å². The zero-order valence-electron chi connectivity index (χ0n) is 20.6. The van der Waals surface area contributed by atoms with Gasteiger partial charge in [-0.25, -0.2) is 4.79 Å². The van der Waals surface area contributed by atoms with Crippen LogP contribution >= 0.6 is 0 Å². The summed E-state index contributed by atoms with van der Waals surface area (Å²) in [6, 6.07) is 7.18. The number of likely N-dealkylation sites (N-methyl/N-ethyl adjacent to an activating group) is 1. The second kappa shape index (κ2) is 13.2. The minimum absolute atomic E-state index is 0.00229. The number of ether oxygens (including phenoxy) is 1. The Morgan fingerprint density at radius 3 is 2.16 bits per heavy atom. The van der Waals surface area contributed by atoms with Crippen molar-refractivity contribution in [2.45, 2.75) is 79.1 Å². The van der Waals surface area contributed by atoms with Crippen LogP contribution in [-0.2, 0) is 25.7 Å². The summed E-state index contributed by atoms with van der Waals surface area (Å²) in [7, 11) is 1.60. The Balaban J connectivity index is 2.94. The van der Waals surface area contributed by atoms with Crippen molar-refractivity contribution in [3.63, 3.8) is 0 Å². The van der Waals surface area contributed by atoms with E-state index in [0.29, 0.717) is 6.42 Å². The van der Waals surface area contributed by atoms with Gasteiger partial charge in [-0.2, -0.15) is 0 Å². The molecule has 0 bridgehead atoms. The molecule has 0 aliphatic rings. The topological polar surface area (TPSA) is 102 Å². The van der Waals surface area contributed by atoms with Gasteiger partial charge in [0.25, 0.3) is 0 Å². The van der Waals surface area contributed by atoms with E-state index in [-0.39, 0.29) is 36.2 Å². The Morgan fingerprint density at radius 1 is 1.06 bits per heavy atom. The van der Waals surface area contributed by atoms with Crippen LogP contribution < -0.4 is 11.1 Å². The molecule has 0 saturated heterocycles. The van der Waals surface area contributed by atoms with Crippen molar-refractivity contribution >= 4 is 17.8 Å². The molecular formula is C25H41N3O4. The normalized spacial score (nSPS) is 15.1. The maximum absolute atomic E-state index is 13.2. The number of nitrogens with zero attached hydrogens (tertiary/aromatic N) is 1. The molecule has 0 unspecified atom stereocenters. The van der Waals surface area contributed by atoms with Crippen molar-refractivity contribution in [2.24, 2.45) is 23.5 Å². The molecule has 0 aliphatic heterocycles. The molecule has 1 aromatic rings. The average Bonchev–Trinajstić information content (AvgIpc) is 2.75. The summed E-state index contributed by atoms with van der Waals surface area (Å²) in [5.74, 6) is -1.13. The highest BCUT2D eigenvalue weighted by molar-refractivity contribution is 5.92. The van der Waals surface area contributed by atoms with Gasteiger partial charge in [0.05, 0.1) is 6.04 Å². The highest BCUT2D eigenvalue weighted by Crippen LogP contribution is 2.16. The van der Waals surface area contributed by atoms with Crippen molar-refractivity contribution in [3.8, 4) is 0 Å². The molecule has 0 heterocycles. The van der Waals surface area contributed by atoms with Crippen LogP contribution in [0.5, 0.6) is 0 Å². The first-order valence-corrected chi connectivity index (χ1v) is 11.5. The van der Waals surface area contributed by atoms with Gasteiger partial charge < -0.3 is 20.7 Å². The number of nitrogens with two attached hydrogens (primary N) is 1. The van der Waals surface area contributed by atoms with Crippen molar-refractivity contribution in [1.29, 1.82) is 0 Å². The maximum Gasteiger partial charge on any atom is 0.328 e. The molecule has 0 radical (unpaired) electrons. The largest absolute Gasteiger partial charge is 0.459 e. The van der Waals surface area contributed by atoms with Crippen molar-refractivity contribution in [1.82, 2.24) is 10.2 Å². The summed E-state index contributed by atoms with van der Waals surface area (Å²) in [6.45, 7) is 11.7. The molecule has 4 atom stereocenters. The highest BCUT2D eigenvalue weighted by Gasteiger charge is 2.35. The van der Waals surface area contributed by atoms with Crippen LogP contribution in [-0.4, -0.2) is 47.9 Å². The minimum Gasteiger partial charge on any atom is -0.459 e. The van der Waals surface area contributed by atoms with Gasteiger partial charge in [-0.15, -0.1) is 0 Å². The zero-order chi connectivity index (χ0) is 24.4. The van der Waals surface area contributed by atoms with E-state index in [1.807, 2.05) is 71.9 Å². The summed E-state index contributed by atoms with van der Waals surface area (Å²) < 4.78 is 5.47. The number of nitrogens with one attached hydrogen (secondary N) is 1. The van der Waals surface area contributed by atoms with Crippen LogP contribution in [0.25, 0.3) is 0 Å². The van der Waals surface area contributed by atoms with E-state index in [1.165, 1.54) is 4.90 Å². The van der Waals surface area contributed by atoms with Gasteiger partial charge >= 0.3 is 5.97 Å². The minimum atomic E-state index is -0.792. The smallest absolute Gasteiger partial charge is 0.328 e. The molecule has 1 aromatic carbocycles. The van der Waals surface area contributed by atoms with E-state index >= 15 is 0 Å². The van der Waals surface area contributed by atoms with Gasteiger partial charge in [0, 0.05) is 7.05 Å². The van der Waals surface area contributed by atoms with Crippen LogP contribution in [0.4, 0.5) is 0 Å². The van der Waals surface area contributed by atoms with Crippen molar-refractivity contribution in [3.05, 3.63) is 35.9 Å². The Kier molecular flexibility index (Phi) is 11.4. The summed E-state index contributed by atoms with van der Waals surface area (Å²) in [6.07, 6.45) is 1.21. The lowest BCUT2D eigenvalue weighted by atomic mass is 9.95. The predicted octanol–water partition coefficient (Wildman–Crippen LogP) is 3.12. The number of carbonyl (C=O) groups is 3. The third kappa shape index (κ3) is 8.26. The SMILES string of the molecule is CC[C@@H](C)[C@H](N)C(=O)N(C)[C@H](C(=O)N[C@@H](CC(C)C)C(=O)OCc1ccccc1)C(C)C. The third-order valence-corrected chi connectivity index (χ3v) is 5.74. The molecule has 0 aliphatic carbocycles. The third-order valence-electron chi connectivity index (χ3n) is 5.74. The molecule has 0 saturated carbocycles. The van der Waals surface area contributed by atoms with E-state index in [0.717, 1.165) is 12.0 Å². The van der Waals surface area contributed by atoms with Gasteiger partial charge in [-0.05, 0) is 29.7 Å². The number of carbonyl (C=O) groups excluding carboxylic acids is 3. The van der Waals surface area contributed by atoms with Crippen molar-refractivity contribution in [2.75, 3.05) is 7.05 Å². The Bertz CT molecular complexity index is 736.